The highest BCUT2D eigenvalue weighted by atomic mass is 79.9. The van der Waals surface area contributed by atoms with Crippen LogP contribution in [0.2, 0.25) is 0 Å². The fourth-order valence-corrected chi connectivity index (χ4v) is 1.18. The molecule has 1 aromatic rings. The molecule has 1 unspecified atom stereocenters. The number of aliphatic hydroxyl groups excluding tert-OH is 1. The van der Waals surface area contributed by atoms with E-state index in [4.69, 9.17) is 9.52 Å². The second-order valence-electron chi connectivity index (χ2n) is 1.95. The fourth-order valence-electron chi connectivity index (χ4n) is 0.569. The van der Waals surface area contributed by atoms with Gasteiger partial charge >= 0.3 is 0 Å². The third-order valence-corrected chi connectivity index (χ3v) is 2.79. The van der Waals surface area contributed by atoms with E-state index in [-0.39, 0.29) is 0 Å². The van der Waals surface area contributed by atoms with E-state index < -0.39 is 6.10 Å². The molecule has 0 radical (unpaired) electrons. The number of hydrogen-bond acceptors (Lipinski definition) is 2. The molecule has 0 spiro atoms. The number of halogens is 2. The molecule has 1 N–H and O–H groups in total. The van der Waals surface area contributed by atoms with Gasteiger partial charge in [0.1, 0.15) is 11.9 Å². The first kappa shape index (κ1) is 8.30. The Labute approximate surface area is 75.5 Å². The number of rotatable bonds is 1. The topological polar surface area (TPSA) is 33.4 Å². The minimum absolute atomic E-state index is 0.553. The zero-order chi connectivity index (χ0) is 7.72. The second kappa shape index (κ2) is 3.07. The molecule has 2 nitrogen and oxygen atoms in total. The highest BCUT2D eigenvalue weighted by molar-refractivity contribution is 9.13. The first-order valence-electron chi connectivity index (χ1n) is 2.74. The Balaban J connectivity index is 2.98. The molecule has 1 rings (SSSR count). The van der Waals surface area contributed by atoms with Gasteiger partial charge in [-0.1, -0.05) is 0 Å². The molecule has 0 aliphatic carbocycles. The Kier molecular flexibility index (Phi) is 2.55. The van der Waals surface area contributed by atoms with E-state index in [2.05, 4.69) is 31.9 Å². The van der Waals surface area contributed by atoms with Crippen LogP contribution in [0.15, 0.2) is 19.6 Å². The molecule has 1 aromatic heterocycles. The molecule has 0 fully saturated rings. The van der Waals surface area contributed by atoms with Crippen LogP contribution in [0, 0.1) is 0 Å². The van der Waals surface area contributed by atoms with Gasteiger partial charge in [0.2, 0.25) is 0 Å². The summed E-state index contributed by atoms with van der Waals surface area (Å²) in [6.45, 7) is 1.65. The van der Waals surface area contributed by atoms with Crippen LogP contribution >= 0.6 is 31.9 Å². The van der Waals surface area contributed by atoms with E-state index in [1.165, 1.54) is 0 Å². The molecule has 0 saturated heterocycles. The summed E-state index contributed by atoms with van der Waals surface area (Å²) in [7, 11) is 0. The molecule has 0 aliphatic rings. The average molecular weight is 270 g/mol. The molecule has 0 saturated carbocycles. The summed E-state index contributed by atoms with van der Waals surface area (Å²) in [5.74, 6) is 0.554. The minimum Gasteiger partial charge on any atom is -0.450 e. The van der Waals surface area contributed by atoms with E-state index in [1.807, 2.05) is 0 Å². The molecule has 0 amide bonds. The lowest BCUT2D eigenvalue weighted by molar-refractivity contribution is 0.168. The van der Waals surface area contributed by atoms with Gasteiger partial charge in [0.05, 0.1) is 4.47 Å². The molecule has 56 valence electrons. The van der Waals surface area contributed by atoms with E-state index in [0.717, 1.165) is 4.47 Å². The van der Waals surface area contributed by atoms with Gasteiger partial charge in [-0.15, -0.1) is 0 Å². The highest BCUT2D eigenvalue weighted by Gasteiger charge is 2.09. The van der Waals surface area contributed by atoms with Crippen molar-refractivity contribution in [1.29, 1.82) is 0 Å². The van der Waals surface area contributed by atoms with E-state index in [9.17, 15) is 0 Å². The summed E-state index contributed by atoms with van der Waals surface area (Å²) in [5.41, 5.74) is 0. The van der Waals surface area contributed by atoms with Crippen molar-refractivity contribution in [3.8, 4) is 0 Å². The maximum absolute atomic E-state index is 9.03. The van der Waals surface area contributed by atoms with Crippen LogP contribution in [-0.4, -0.2) is 5.11 Å². The van der Waals surface area contributed by atoms with Crippen molar-refractivity contribution in [2.75, 3.05) is 0 Å². The zero-order valence-electron chi connectivity index (χ0n) is 5.27. The SMILES string of the molecule is CC(O)c1cc(Br)c(Br)o1. The third-order valence-electron chi connectivity index (χ3n) is 1.08. The molecule has 1 atom stereocenters. The monoisotopic (exact) mass is 268 g/mol. The number of aliphatic hydroxyl groups is 1. The van der Waals surface area contributed by atoms with Gasteiger partial charge < -0.3 is 9.52 Å². The molecule has 0 aliphatic heterocycles. The van der Waals surface area contributed by atoms with Gasteiger partial charge in [-0.3, -0.25) is 0 Å². The summed E-state index contributed by atoms with van der Waals surface area (Å²) in [4.78, 5) is 0. The molecule has 0 aromatic carbocycles. The van der Waals surface area contributed by atoms with E-state index in [0.29, 0.717) is 10.4 Å². The Bertz CT molecular complexity index is 210. The maximum Gasteiger partial charge on any atom is 0.183 e. The molecular formula is C6H6Br2O2. The number of furan rings is 1. The summed E-state index contributed by atoms with van der Waals surface area (Å²) < 4.78 is 6.53. The normalized spacial score (nSPS) is 13.6. The Morgan fingerprint density at radius 1 is 1.60 bits per heavy atom. The Morgan fingerprint density at radius 3 is 2.40 bits per heavy atom. The van der Waals surface area contributed by atoms with Gasteiger partial charge in [0, 0.05) is 0 Å². The predicted molar refractivity (Wildman–Crippen MR) is 44.7 cm³/mol. The van der Waals surface area contributed by atoms with Crippen LogP contribution in [0.1, 0.15) is 18.8 Å². The van der Waals surface area contributed by atoms with Gasteiger partial charge in [0.25, 0.3) is 0 Å². The van der Waals surface area contributed by atoms with Gasteiger partial charge in [-0.25, -0.2) is 0 Å². The molecular weight excluding hydrogens is 264 g/mol. The van der Waals surface area contributed by atoms with Gasteiger partial charge in [-0.2, -0.15) is 0 Å². The van der Waals surface area contributed by atoms with Crippen molar-refractivity contribution in [3.05, 3.63) is 21.0 Å². The molecule has 1 heterocycles. The summed E-state index contributed by atoms with van der Waals surface area (Å²) in [5, 5.41) is 9.03. The molecule has 0 bridgehead atoms. The molecule has 4 heteroatoms. The summed E-state index contributed by atoms with van der Waals surface area (Å²) in [6.07, 6.45) is -0.553. The Morgan fingerprint density at radius 2 is 2.20 bits per heavy atom. The highest BCUT2D eigenvalue weighted by Crippen LogP contribution is 2.29. The van der Waals surface area contributed by atoms with Crippen molar-refractivity contribution < 1.29 is 9.52 Å². The van der Waals surface area contributed by atoms with Crippen molar-refractivity contribution in [2.45, 2.75) is 13.0 Å². The third kappa shape index (κ3) is 1.62. The largest absolute Gasteiger partial charge is 0.450 e. The zero-order valence-corrected chi connectivity index (χ0v) is 8.44. The van der Waals surface area contributed by atoms with Crippen molar-refractivity contribution in [3.63, 3.8) is 0 Å². The van der Waals surface area contributed by atoms with Crippen LogP contribution in [0.4, 0.5) is 0 Å². The van der Waals surface area contributed by atoms with E-state index in [1.54, 1.807) is 13.0 Å². The van der Waals surface area contributed by atoms with Crippen LogP contribution in [0.5, 0.6) is 0 Å². The first-order valence-corrected chi connectivity index (χ1v) is 4.32. The quantitative estimate of drug-likeness (QED) is 0.851. The Hall–Kier alpha value is 0.200. The van der Waals surface area contributed by atoms with Gasteiger partial charge in [0.15, 0.2) is 4.67 Å². The fraction of sp³-hybridized carbons (Fsp3) is 0.333. The number of hydrogen-bond donors (Lipinski definition) is 1. The second-order valence-corrected chi connectivity index (χ2v) is 3.52. The van der Waals surface area contributed by atoms with E-state index >= 15 is 0 Å². The van der Waals surface area contributed by atoms with Crippen molar-refractivity contribution in [2.24, 2.45) is 0 Å². The lowest BCUT2D eigenvalue weighted by Crippen LogP contribution is -1.85. The van der Waals surface area contributed by atoms with Crippen LogP contribution in [-0.2, 0) is 0 Å². The summed E-state index contributed by atoms with van der Waals surface area (Å²) in [6, 6.07) is 1.73. The first-order chi connectivity index (χ1) is 4.61. The van der Waals surface area contributed by atoms with Crippen LogP contribution in [0.25, 0.3) is 0 Å². The van der Waals surface area contributed by atoms with Gasteiger partial charge in [-0.05, 0) is 44.8 Å². The maximum atomic E-state index is 9.03. The lowest BCUT2D eigenvalue weighted by atomic mass is 10.3. The minimum atomic E-state index is -0.553. The van der Waals surface area contributed by atoms with Crippen molar-refractivity contribution >= 4 is 31.9 Å². The lowest BCUT2D eigenvalue weighted by Gasteiger charge is -1.95. The van der Waals surface area contributed by atoms with Crippen molar-refractivity contribution in [1.82, 2.24) is 0 Å². The predicted octanol–water partition coefficient (Wildman–Crippen LogP) is 2.86. The smallest absolute Gasteiger partial charge is 0.183 e. The van der Waals surface area contributed by atoms with Crippen LogP contribution in [0.3, 0.4) is 0 Å². The average Bonchev–Trinajstić information content (AvgIpc) is 2.13. The van der Waals surface area contributed by atoms with Crippen LogP contribution < -0.4 is 0 Å². The standard InChI is InChI=1S/C6H6Br2O2/c1-3(9)5-2-4(7)6(8)10-5/h2-3,9H,1H3. The molecule has 10 heavy (non-hydrogen) atoms. The summed E-state index contributed by atoms with van der Waals surface area (Å²) >= 11 is 6.39.